The number of hydrogen-bond donors (Lipinski definition) is 0. The van der Waals surface area contributed by atoms with Crippen molar-refractivity contribution >= 4 is 5.82 Å². The molecule has 0 bridgehead atoms. The molecule has 1 aromatic carbocycles. The Morgan fingerprint density at radius 2 is 1.87 bits per heavy atom. The number of morpholine rings is 1. The van der Waals surface area contributed by atoms with Crippen LogP contribution in [0.25, 0.3) is 11.1 Å². The van der Waals surface area contributed by atoms with Crippen molar-refractivity contribution in [3.63, 3.8) is 0 Å². The summed E-state index contributed by atoms with van der Waals surface area (Å²) in [6.07, 6.45) is 5.83. The van der Waals surface area contributed by atoms with E-state index in [1.165, 1.54) is 30.4 Å². The normalized spacial score (nSPS) is 14.9. The number of aryl methyl sites for hydroxylation is 1. The van der Waals surface area contributed by atoms with Crippen molar-refractivity contribution < 1.29 is 9.42 Å². The highest BCUT2D eigenvalue weighted by Crippen LogP contribution is 2.21. The van der Waals surface area contributed by atoms with Crippen molar-refractivity contribution in [3.05, 3.63) is 42.6 Å². The van der Waals surface area contributed by atoms with E-state index in [2.05, 4.69) is 59.1 Å². The zero-order valence-corrected chi connectivity index (χ0v) is 13.9. The van der Waals surface area contributed by atoms with E-state index in [9.17, 15) is 0 Å². The van der Waals surface area contributed by atoms with Crippen molar-refractivity contribution in [1.29, 1.82) is 0 Å². The molecule has 2 aromatic rings. The molecule has 0 amide bonds. The Morgan fingerprint density at radius 3 is 2.61 bits per heavy atom. The monoisotopic (exact) mass is 312 g/mol. The third-order valence-corrected chi connectivity index (χ3v) is 4.24. The number of nitrogens with zero attached hydrogens (tertiary/aromatic N) is 3. The van der Waals surface area contributed by atoms with Crippen LogP contribution in [0.4, 0.5) is 5.82 Å². The zero-order valence-electron chi connectivity index (χ0n) is 13.9. The SMILES string of the molecule is CCCCC[n+]1cc(-c2ccccc2)cc(N2CCOCC2)n1. The standard InChI is InChI=1S/C19H26N3O/c1-2-3-7-10-22-16-18(17-8-5-4-6-9-17)15-19(20-22)21-11-13-23-14-12-21/h4-6,8-9,15-16H,2-3,7,10-14H2,1H3/q+1. The molecule has 0 N–H and O–H groups in total. The second-order valence-electron chi connectivity index (χ2n) is 6.02. The minimum absolute atomic E-state index is 0.785. The first-order valence-corrected chi connectivity index (χ1v) is 8.67. The minimum Gasteiger partial charge on any atom is -0.378 e. The van der Waals surface area contributed by atoms with Crippen molar-refractivity contribution in [3.8, 4) is 11.1 Å². The highest BCUT2D eigenvalue weighted by molar-refractivity contribution is 5.64. The molecule has 0 saturated carbocycles. The Morgan fingerprint density at radius 1 is 1.09 bits per heavy atom. The van der Waals surface area contributed by atoms with Gasteiger partial charge in [0.05, 0.1) is 18.8 Å². The van der Waals surface area contributed by atoms with Gasteiger partial charge in [0, 0.05) is 30.7 Å². The van der Waals surface area contributed by atoms with E-state index in [-0.39, 0.29) is 0 Å². The molecule has 1 saturated heterocycles. The number of unbranched alkanes of at least 4 members (excludes halogenated alkanes) is 2. The fourth-order valence-electron chi connectivity index (χ4n) is 2.90. The summed E-state index contributed by atoms with van der Waals surface area (Å²) in [5, 5.41) is 4.84. The quantitative estimate of drug-likeness (QED) is 0.606. The number of rotatable bonds is 6. The van der Waals surface area contributed by atoms with Crippen molar-refractivity contribution in [1.82, 2.24) is 5.10 Å². The smallest absolute Gasteiger partial charge is 0.204 e. The van der Waals surface area contributed by atoms with Crippen LogP contribution < -0.4 is 9.58 Å². The summed E-state index contributed by atoms with van der Waals surface area (Å²) in [6, 6.07) is 12.8. The van der Waals surface area contributed by atoms with Gasteiger partial charge in [0.15, 0.2) is 12.4 Å². The second-order valence-corrected chi connectivity index (χ2v) is 6.02. The highest BCUT2D eigenvalue weighted by Gasteiger charge is 2.18. The molecule has 0 unspecified atom stereocenters. The molecule has 122 valence electrons. The molecule has 0 atom stereocenters. The lowest BCUT2D eigenvalue weighted by molar-refractivity contribution is -0.752. The fraction of sp³-hybridized carbons (Fsp3) is 0.474. The molecule has 1 aliphatic rings. The van der Waals surface area contributed by atoms with Crippen molar-refractivity contribution in [2.75, 3.05) is 31.2 Å². The van der Waals surface area contributed by atoms with E-state index >= 15 is 0 Å². The molecule has 2 heterocycles. The summed E-state index contributed by atoms with van der Waals surface area (Å²) >= 11 is 0. The zero-order chi connectivity index (χ0) is 15.9. The van der Waals surface area contributed by atoms with Gasteiger partial charge in [0.2, 0.25) is 6.20 Å². The molecule has 1 aromatic heterocycles. The molecule has 1 fully saturated rings. The van der Waals surface area contributed by atoms with Crippen molar-refractivity contribution in [2.24, 2.45) is 0 Å². The van der Waals surface area contributed by atoms with Crippen LogP contribution in [0.5, 0.6) is 0 Å². The Balaban J connectivity index is 1.89. The van der Waals surface area contributed by atoms with Gasteiger partial charge in [-0.25, -0.2) is 0 Å². The summed E-state index contributed by atoms with van der Waals surface area (Å²) in [5.74, 6) is 1.06. The third kappa shape index (κ3) is 4.29. The molecule has 0 spiro atoms. The molecule has 0 radical (unpaired) electrons. The molecule has 0 aliphatic carbocycles. The van der Waals surface area contributed by atoms with Crippen LogP contribution in [0.15, 0.2) is 42.6 Å². The van der Waals surface area contributed by atoms with Crippen LogP contribution >= 0.6 is 0 Å². The first-order chi connectivity index (χ1) is 11.4. The molecular formula is C19H26N3O+. The van der Waals surface area contributed by atoms with E-state index in [0.29, 0.717) is 0 Å². The van der Waals surface area contributed by atoms with Gasteiger partial charge in [-0.05, 0) is 12.0 Å². The van der Waals surface area contributed by atoms with Gasteiger partial charge in [-0.1, -0.05) is 48.4 Å². The van der Waals surface area contributed by atoms with Crippen LogP contribution in [0.2, 0.25) is 0 Å². The van der Waals surface area contributed by atoms with Gasteiger partial charge in [0.1, 0.15) is 0 Å². The first-order valence-electron chi connectivity index (χ1n) is 8.67. The van der Waals surface area contributed by atoms with E-state index in [1.54, 1.807) is 0 Å². The number of benzene rings is 1. The van der Waals surface area contributed by atoms with Crippen LogP contribution in [-0.4, -0.2) is 31.4 Å². The highest BCUT2D eigenvalue weighted by atomic mass is 16.5. The van der Waals surface area contributed by atoms with Gasteiger partial charge in [-0.2, -0.15) is 0 Å². The Kier molecular flexibility index (Phi) is 5.59. The van der Waals surface area contributed by atoms with E-state index < -0.39 is 0 Å². The predicted molar refractivity (Wildman–Crippen MR) is 92.4 cm³/mol. The lowest BCUT2D eigenvalue weighted by atomic mass is 10.1. The average Bonchev–Trinajstić information content (AvgIpc) is 2.63. The Labute approximate surface area is 138 Å². The van der Waals surface area contributed by atoms with Gasteiger partial charge in [0.25, 0.3) is 0 Å². The number of anilines is 1. The van der Waals surface area contributed by atoms with Gasteiger partial charge >= 0.3 is 0 Å². The van der Waals surface area contributed by atoms with E-state index in [1.807, 2.05) is 0 Å². The maximum atomic E-state index is 5.47. The number of ether oxygens (including phenoxy) is 1. The van der Waals surface area contributed by atoms with Crippen LogP contribution in [0.1, 0.15) is 26.2 Å². The second kappa shape index (κ2) is 8.06. The summed E-state index contributed by atoms with van der Waals surface area (Å²) < 4.78 is 7.58. The first kappa shape index (κ1) is 15.9. The van der Waals surface area contributed by atoms with Gasteiger partial charge in [-0.3, -0.25) is 0 Å². The number of hydrogen-bond acceptors (Lipinski definition) is 3. The average molecular weight is 312 g/mol. The summed E-state index contributed by atoms with van der Waals surface area (Å²) in [5.41, 5.74) is 2.48. The van der Waals surface area contributed by atoms with Gasteiger partial charge in [-0.15, -0.1) is 0 Å². The third-order valence-electron chi connectivity index (χ3n) is 4.24. The Bertz CT molecular complexity index is 609. The van der Waals surface area contributed by atoms with Crippen LogP contribution in [0.3, 0.4) is 0 Å². The van der Waals surface area contributed by atoms with E-state index in [0.717, 1.165) is 38.7 Å². The fourth-order valence-corrected chi connectivity index (χ4v) is 2.90. The summed E-state index contributed by atoms with van der Waals surface area (Å²) in [6.45, 7) is 6.62. The van der Waals surface area contributed by atoms with Crippen LogP contribution in [-0.2, 0) is 11.3 Å². The minimum atomic E-state index is 0.785. The molecule has 4 nitrogen and oxygen atoms in total. The number of aromatic nitrogens is 2. The maximum Gasteiger partial charge on any atom is 0.204 e. The molecular weight excluding hydrogens is 286 g/mol. The van der Waals surface area contributed by atoms with Gasteiger partial charge < -0.3 is 9.64 Å². The largest absolute Gasteiger partial charge is 0.378 e. The summed E-state index contributed by atoms with van der Waals surface area (Å²) in [7, 11) is 0. The topological polar surface area (TPSA) is 29.2 Å². The lowest BCUT2D eigenvalue weighted by Crippen LogP contribution is -2.43. The maximum absolute atomic E-state index is 5.47. The Hall–Kier alpha value is -1.94. The molecule has 3 rings (SSSR count). The molecule has 1 aliphatic heterocycles. The van der Waals surface area contributed by atoms with Crippen LogP contribution in [0, 0.1) is 0 Å². The predicted octanol–water partition coefficient (Wildman–Crippen LogP) is 3.06. The van der Waals surface area contributed by atoms with E-state index in [4.69, 9.17) is 9.84 Å². The summed E-state index contributed by atoms with van der Waals surface area (Å²) in [4.78, 5) is 2.33. The molecule has 4 heteroatoms. The lowest BCUT2D eigenvalue weighted by Gasteiger charge is -2.26. The van der Waals surface area contributed by atoms with Crippen molar-refractivity contribution in [2.45, 2.75) is 32.7 Å². The molecule has 23 heavy (non-hydrogen) atoms.